The molecule has 0 spiro atoms. The van der Waals surface area contributed by atoms with Crippen LogP contribution in [-0.4, -0.2) is 50.7 Å². The molecular weight excluding hydrogens is 360 g/mol. The Bertz CT molecular complexity index is 797. The first-order valence-corrected chi connectivity index (χ1v) is 10.7. The minimum absolute atomic E-state index is 0.735. The van der Waals surface area contributed by atoms with Crippen LogP contribution in [-0.2, 0) is 6.54 Å². The van der Waals surface area contributed by atoms with Gasteiger partial charge in [0.1, 0.15) is 5.82 Å². The number of guanidine groups is 1. The van der Waals surface area contributed by atoms with Gasteiger partial charge in [0.2, 0.25) is 0 Å². The number of hydrogen-bond acceptors (Lipinski definition) is 4. The predicted molar refractivity (Wildman–Crippen MR) is 123 cm³/mol. The second kappa shape index (κ2) is 10.7. The van der Waals surface area contributed by atoms with Crippen molar-refractivity contribution in [3.05, 3.63) is 53.7 Å². The Morgan fingerprint density at radius 3 is 2.72 bits per heavy atom. The minimum atomic E-state index is 0.735. The molecule has 1 aromatic carbocycles. The van der Waals surface area contributed by atoms with Crippen LogP contribution in [0.15, 0.2) is 47.6 Å². The molecule has 156 valence electrons. The van der Waals surface area contributed by atoms with Crippen molar-refractivity contribution in [3.8, 4) is 0 Å². The van der Waals surface area contributed by atoms with Gasteiger partial charge < -0.3 is 20.4 Å². The first-order valence-electron chi connectivity index (χ1n) is 10.7. The second-order valence-electron chi connectivity index (χ2n) is 7.49. The van der Waals surface area contributed by atoms with Crippen LogP contribution in [0, 0.1) is 6.92 Å². The van der Waals surface area contributed by atoms with Crippen molar-refractivity contribution in [1.29, 1.82) is 0 Å². The number of nitrogens with one attached hydrogen (secondary N) is 2. The van der Waals surface area contributed by atoms with Gasteiger partial charge >= 0.3 is 0 Å². The molecule has 1 saturated heterocycles. The molecule has 0 amide bonds. The van der Waals surface area contributed by atoms with E-state index < -0.39 is 0 Å². The fourth-order valence-corrected chi connectivity index (χ4v) is 3.70. The molecule has 29 heavy (non-hydrogen) atoms. The third-order valence-corrected chi connectivity index (χ3v) is 5.35. The summed E-state index contributed by atoms with van der Waals surface area (Å²) in [5.41, 5.74) is 3.78. The summed E-state index contributed by atoms with van der Waals surface area (Å²) in [6.07, 6.45) is 4.43. The van der Waals surface area contributed by atoms with Crippen molar-refractivity contribution in [2.45, 2.75) is 33.2 Å². The van der Waals surface area contributed by atoms with E-state index >= 15 is 0 Å². The summed E-state index contributed by atoms with van der Waals surface area (Å²) >= 11 is 0. The van der Waals surface area contributed by atoms with Crippen LogP contribution in [0.4, 0.5) is 11.5 Å². The van der Waals surface area contributed by atoms with Gasteiger partial charge in [0.25, 0.3) is 0 Å². The number of pyridine rings is 1. The maximum absolute atomic E-state index is 4.53. The molecule has 2 aromatic rings. The van der Waals surface area contributed by atoms with Gasteiger partial charge in [0.15, 0.2) is 5.96 Å². The lowest BCUT2D eigenvalue weighted by atomic mass is 10.2. The van der Waals surface area contributed by atoms with E-state index in [1.165, 1.54) is 29.7 Å². The fraction of sp³-hybridized carbons (Fsp3) is 0.478. The molecular formula is C23H34N6. The highest BCUT2D eigenvalue weighted by Crippen LogP contribution is 2.18. The summed E-state index contributed by atoms with van der Waals surface area (Å²) in [4.78, 5) is 13.6. The number of aryl methyl sites for hydroxylation is 1. The van der Waals surface area contributed by atoms with Crippen LogP contribution < -0.4 is 20.4 Å². The molecule has 1 aliphatic rings. The standard InChI is InChI=1S/C23H34N6/c1-4-28(21-9-7-8-19(2)16-21)15-12-26-23(24-3)27-18-20-10-11-25-22(17-20)29-13-5-6-14-29/h7-11,16-17H,4-6,12-15,18H2,1-3H3,(H2,24,26,27). The van der Waals surface area contributed by atoms with Crippen molar-refractivity contribution in [2.24, 2.45) is 4.99 Å². The maximum atomic E-state index is 4.53. The zero-order valence-corrected chi connectivity index (χ0v) is 18.0. The molecule has 6 heteroatoms. The molecule has 0 radical (unpaired) electrons. The summed E-state index contributed by atoms with van der Waals surface area (Å²) < 4.78 is 0. The monoisotopic (exact) mass is 394 g/mol. The molecule has 2 N–H and O–H groups in total. The van der Waals surface area contributed by atoms with Gasteiger partial charge in [-0.15, -0.1) is 0 Å². The molecule has 0 unspecified atom stereocenters. The van der Waals surface area contributed by atoms with Crippen molar-refractivity contribution in [3.63, 3.8) is 0 Å². The average molecular weight is 395 g/mol. The lowest BCUT2D eigenvalue weighted by molar-refractivity contribution is 0.749. The van der Waals surface area contributed by atoms with Gasteiger partial charge in [-0.25, -0.2) is 4.98 Å². The lowest BCUT2D eigenvalue weighted by Gasteiger charge is -2.24. The molecule has 1 aliphatic heterocycles. The van der Waals surface area contributed by atoms with Crippen LogP contribution in [0.25, 0.3) is 0 Å². The summed E-state index contributed by atoms with van der Waals surface area (Å²) in [5, 5.41) is 6.85. The number of anilines is 2. The quantitative estimate of drug-likeness (QED) is 0.532. The maximum Gasteiger partial charge on any atom is 0.191 e. The van der Waals surface area contributed by atoms with E-state index in [0.29, 0.717) is 0 Å². The summed E-state index contributed by atoms with van der Waals surface area (Å²) in [7, 11) is 1.82. The van der Waals surface area contributed by atoms with Gasteiger partial charge in [0, 0.05) is 58.2 Å². The van der Waals surface area contributed by atoms with Crippen LogP contribution in [0.2, 0.25) is 0 Å². The van der Waals surface area contributed by atoms with E-state index in [1.807, 2.05) is 13.2 Å². The highest BCUT2D eigenvalue weighted by Gasteiger charge is 2.13. The molecule has 2 heterocycles. The molecule has 1 fully saturated rings. The van der Waals surface area contributed by atoms with E-state index in [9.17, 15) is 0 Å². The van der Waals surface area contributed by atoms with Crippen molar-refractivity contribution < 1.29 is 0 Å². The number of rotatable bonds is 8. The van der Waals surface area contributed by atoms with Crippen molar-refractivity contribution >= 4 is 17.5 Å². The normalized spacial score (nSPS) is 14.2. The largest absolute Gasteiger partial charge is 0.370 e. The fourth-order valence-electron chi connectivity index (χ4n) is 3.70. The van der Waals surface area contributed by atoms with Gasteiger partial charge in [-0.1, -0.05) is 12.1 Å². The summed E-state index contributed by atoms with van der Waals surface area (Å²) in [5.74, 6) is 1.91. The average Bonchev–Trinajstić information content (AvgIpc) is 3.28. The summed E-state index contributed by atoms with van der Waals surface area (Å²) in [6.45, 7) is 10.0. The zero-order valence-electron chi connectivity index (χ0n) is 18.0. The van der Waals surface area contributed by atoms with Crippen LogP contribution in [0.3, 0.4) is 0 Å². The highest BCUT2D eigenvalue weighted by molar-refractivity contribution is 5.79. The minimum Gasteiger partial charge on any atom is -0.370 e. The van der Waals surface area contributed by atoms with Gasteiger partial charge in [-0.05, 0) is 62.1 Å². The highest BCUT2D eigenvalue weighted by atomic mass is 15.2. The molecule has 3 rings (SSSR count). The SMILES string of the molecule is CCN(CCNC(=NC)NCc1ccnc(N2CCCC2)c1)c1cccc(C)c1. The third kappa shape index (κ3) is 6.11. The topological polar surface area (TPSA) is 55.8 Å². The van der Waals surface area contributed by atoms with E-state index in [-0.39, 0.29) is 0 Å². The smallest absolute Gasteiger partial charge is 0.191 e. The van der Waals surface area contributed by atoms with E-state index in [2.05, 4.69) is 80.7 Å². The Morgan fingerprint density at radius 1 is 1.17 bits per heavy atom. The molecule has 6 nitrogen and oxygen atoms in total. The number of benzene rings is 1. The second-order valence-corrected chi connectivity index (χ2v) is 7.49. The number of aromatic nitrogens is 1. The Morgan fingerprint density at radius 2 is 2.00 bits per heavy atom. The van der Waals surface area contributed by atoms with Gasteiger partial charge in [-0.3, -0.25) is 4.99 Å². The Kier molecular flexibility index (Phi) is 7.73. The third-order valence-electron chi connectivity index (χ3n) is 5.35. The number of likely N-dealkylation sites (N-methyl/N-ethyl adjacent to an activating group) is 1. The van der Waals surface area contributed by atoms with Crippen molar-refractivity contribution in [1.82, 2.24) is 15.6 Å². The van der Waals surface area contributed by atoms with E-state index in [1.54, 1.807) is 0 Å². The Hall–Kier alpha value is -2.76. The predicted octanol–water partition coefficient (Wildman–Crippen LogP) is 3.18. The number of aliphatic imine (C=N–C) groups is 1. The summed E-state index contributed by atoms with van der Waals surface area (Å²) in [6, 6.07) is 12.9. The molecule has 0 bridgehead atoms. The lowest BCUT2D eigenvalue weighted by Crippen LogP contribution is -2.41. The van der Waals surface area contributed by atoms with E-state index in [0.717, 1.165) is 51.0 Å². The first-order chi connectivity index (χ1) is 14.2. The molecule has 1 aromatic heterocycles. The molecule has 0 atom stereocenters. The zero-order chi connectivity index (χ0) is 20.5. The van der Waals surface area contributed by atoms with Crippen molar-refractivity contribution in [2.75, 3.05) is 49.6 Å². The van der Waals surface area contributed by atoms with Gasteiger partial charge in [0.05, 0.1) is 0 Å². The van der Waals surface area contributed by atoms with Gasteiger partial charge in [-0.2, -0.15) is 0 Å². The first kappa shape index (κ1) is 21.0. The number of nitrogens with zero attached hydrogens (tertiary/aromatic N) is 4. The van der Waals surface area contributed by atoms with E-state index in [4.69, 9.17) is 0 Å². The number of hydrogen-bond donors (Lipinski definition) is 2. The van der Waals surface area contributed by atoms with Crippen LogP contribution in [0.5, 0.6) is 0 Å². The Balaban J connectivity index is 1.47. The molecule has 0 aliphatic carbocycles. The Labute approximate surface area is 175 Å². The van der Waals surface area contributed by atoms with Crippen LogP contribution in [0.1, 0.15) is 30.9 Å². The van der Waals surface area contributed by atoms with Crippen LogP contribution >= 0.6 is 0 Å². The molecule has 0 saturated carbocycles.